The van der Waals surface area contributed by atoms with E-state index in [4.69, 9.17) is 23.5 Å². The number of hydrogen-bond donors (Lipinski definition) is 2. The van der Waals surface area contributed by atoms with E-state index in [-0.39, 0.29) is 25.5 Å². The molecule has 0 heterocycles. The maximum Gasteiger partial charge on any atom is 0.266 e. The van der Waals surface area contributed by atoms with Crippen LogP contribution in [0.5, 0.6) is 0 Å². The van der Waals surface area contributed by atoms with E-state index < -0.39 is 15.9 Å². The Bertz CT molecular complexity index is 387. The van der Waals surface area contributed by atoms with Crippen molar-refractivity contribution in [2.45, 2.75) is 13.3 Å². The predicted molar refractivity (Wildman–Crippen MR) is 83.0 cm³/mol. The van der Waals surface area contributed by atoms with Crippen LogP contribution >= 0.6 is 0 Å². The number of rotatable bonds is 16. The van der Waals surface area contributed by atoms with Crippen molar-refractivity contribution in [3.8, 4) is 0 Å². The Morgan fingerprint density at radius 2 is 1.39 bits per heavy atom. The summed E-state index contributed by atoms with van der Waals surface area (Å²) in [4.78, 5) is 11.3. The van der Waals surface area contributed by atoms with E-state index >= 15 is 0 Å². The quantitative estimate of drug-likeness (QED) is 0.279. The molecule has 0 rings (SSSR count). The zero-order valence-electron chi connectivity index (χ0n) is 13.5. The molecule has 23 heavy (non-hydrogen) atoms. The summed E-state index contributed by atoms with van der Waals surface area (Å²) in [5.74, 6) is -0.836. The first-order valence-electron chi connectivity index (χ1n) is 7.48. The van der Waals surface area contributed by atoms with Crippen molar-refractivity contribution in [2.75, 3.05) is 65.2 Å². The van der Waals surface area contributed by atoms with Crippen LogP contribution in [0.1, 0.15) is 13.3 Å². The van der Waals surface area contributed by atoms with Gasteiger partial charge in [-0.3, -0.25) is 9.35 Å². The predicted octanol–water partition coefficient (Wildman–Crippen LogP) is -0.533. The first kappa shape index (κ1) is 22.2. The number of hydrogen-bond acceptors (Lipinski definition) is 7. The van der Waals surface area contributed by atoms with Gasteiger partial charge in [-0.2, -0.15) is 8.42 Å². The lowest BCUT2D eigenvalue weighted by atomic mass is 10.4. The van der Waals surface area contributed by atoms with E-state index in [0.717, 1.165) is 0 Å². The van der Waals surface area contributed by atoms with E-state index in [2.05, 4.69) is 5.32 Å². The molecule has 0 unspecified atom stereocenters. The van der Waals surface area contributed by atoms with Crippen LogP contribution in [0.25, 0.3) is 0 Å². The van der Waals surface area contributed by atoms with E-state index in [1.54, 1.807) is 0 Å². The second-order valence-electron chi connectivity index (χ2n) is 4.42. The normalized spacial score (nSPS) is 11.6. The van der Waals surface area contributed by atoms with Gasteiger partial charge in [-0.25, -0.2) is 0 Å². The molecule has 0 aliphatic carbocycles. The lowest BCUT2D eigenvalue weighted by Crippen LogP contribution is -2.29. The molecule has 0 spiro atoms. The highest BCUT2D eigenvalue weighted by molar-refractivity contribution is 7.85. The standard InChI is InChI=1S/C13H27NO8S/c1-2-19-6-7-21-10-11-22-9-8-20-5-3-13(15)14-4-12-23(16,17)18/h2-12H2,1H3,(H,14,15)(H,16,17,18). The Hall–Kier alpha value is -0.780. The van der Waals surface area contributed by atoms with Crippen molar-refractivity contribution < 1.29 is 36.7 Å². The molecule has 0 bridgehead atoms. The summed E-state index contributed by atoms with van der Waals surface area (Å²) in [6, 6.07) is 0. The molecule has 2 N–H and O–H groups in total. The SMILES string of the molecule is CCOCCOCCOCCOCCC(=O)NCCS(=O)(=O)O. The lowest BCUT2D eigenvalue weighted by molar-refractivity contribution is -0.122. The highest BCUT2D eigenvalue weighted by Gasteiger charge is 2.06. The molecule has 9 nitrogen and oxygen atoms in total. The third-order valence-corrected chi connectivity index (χ3v) is 3.20. The molecule has 0 aliphatic heterocycles. The van der Waals surface area contributed by atoms with Crippen LogP contribution in [0, 0.1) is 0 Å². The van der Waals surface area contributed by atoms with Gasteiger partial charge in [0, 0.05) is 19.6 Å². The van der Waals surface area contributed by atoms with Crippen LogP contribution in [0.15, 0.2) is 0 Å². The summed E-state index contributed by atoms with van der Waals surface area (Å²) >= 11 is 0. The summed E-state index contributed by atoms with van der Waals surface area (Å²) in [7, 11) is -4.05. The van der Waals surface area contributed by atoms with Gasteiger partial charge in [-0.05, 0) is 6.92 Å². The van der Waals surface area contributed by atoms with Crippen molar-refractivity contribution >= 4 is 16.0 Å². The molecule has 1 amide bonds. The third-order valence-electron chi connectivity index (χ3n) is 2.48. The molecule has 0 saturated heterocycles. The third kappa shape index (κ3) is 19.2. The van der Waals surface area contributed by atoms with E-state index in [1.165, 1.54) is 0 Å². The average molecular weight is 357 g/mol. The smallest absolute Gasteiger partial charge is 0.266 e. The summed E-state index contributed by atoms with van der Waals surface area (Å²) in [6.45, 7) is 5.52. The van der Waals surface area contributed by atoms with E-state index in [9.17, 15) is 13.2 Å². The van der Waals surface area contributed by atoms with Crippen LogP contribution in [-0.4, -0.2) is 84.0 Å². The molecular weight excluding hydrogens is 330 g/mol. The number of carbonyl (C=O) groups excluding carboxylic acids is 1. The molecule has 0 aliphatic rings. The second kappa shape index (κ2) is 14.8. The Morgan fingerprint density at radius 1 is 0.913 bits per heavy atom. The highest BCUT2D eigenvalue weighted by Crippen LogP contribution is 1.86. The van der Waals surface area contributed by atoms with Gasteiger partial charge in [0.2, 0.25) is 5.91 Å². The van der Waals surface area contributed by atoms with Gasteiger partial charge in [0.25, 0.3) is 10.1 Å². The fraction of sp³-hybridized carbons (Fsp3) is 0.923. The minimum absolute atomic E-state index is 0.117. The zero-order valence-corrected chi connectivity index (χ0v) is 14.3. The van der Waals surface area contributed by atoms with Gasteiger partial charge in [0.05, 0.1) is 52.0 Å². The molecule has 0 aromatic carbocycles. The Labute approximate surface area is 137 Å². The van der Waals surface area contributed by atoms with E-state index in [0.29, 0.717) is 46.2 Å². The number of carbonyl (C=O) groups is 1. The largest absolute Gasteiger partial charge is 0.379 e. The molecule has 138 valence electrons. The zero-order chi connectivity index (χ0) is 17.4. The van der Waals surface area contributed by atoms with Crippen molar-refractivity contribution in [3.05, 3.63) is 0 Å². The van der Waals surface area contributed by atoms with Crippen molar-refractivity contribution in [1.82, 2.24) is 5.32 Å². The minimum atomic E-state index is -4.05. The van der Waals surface area contributed by atoms with Crippen LogP contribution < -0.4 is 5.32 Å². The molecule has 0 aromatic rings. The summed E-state index contributed by atoms with van der Waals surface area (Å²) in [5.41, 5.74) is 0. The fourth-order valence-corrected chi connectivity index (χ4v) is 1.74. The molecule has 0 saturated carbocycles. The first-order chi connectivity index (χ1) is 11.0. The van der Waals surface area contributed by atoms with Crippen molar-refractivity contribution in [3.63, 3.8) is 0 Å². The monoisotopic (exact) mass is 357 g/mol. The second-order valence-corrected chi connectivity index (χ2v) is 5.99. The van der Waals surface area contributed by atoms with Gasteiger partial charge < -0.3 is 24.3 Å². The molecule has 0 atom stereocenters. The van der Waals surface area contributed by atoms with Crippen LogP contribution in [-0.2, 0) is 33.9 Å². The van der Waals surface area contributed by atoms with Crippen LogP contribution in [0.2, 0.25) is 0 Å². The molecule has 0 radical (unpaired) electrons. The molecule has 10 heteroatoms. The van der Waals surface area contributed by atoms with Crippen molar-refractivity contribution in [1.29, 1.82) is 0 Å². The average Bonchev–Trinajstić information content (AvgIpc) is 2.47. The van der Waals surface area contributed by atoms with Crippen LogP contribution in [0.4, 0.5) is 0 Å². The minimum Gasteiger partial charge on any atom is -0.379 e. The molecule has 0 fully saturated rings. The molecular formula is C13H27NO8S. The summed E-state index contributed by atoms with van der Waals surface area (Å²) < 4.78 is 50.2. The topological polar surface area (TPSA) is 120 Å². The number of ether oxygens (including phenoxy) is 4. The number of amides is 1. The van der Waals surface area contributed by atoms with Crippen LogP contribution in [0.3, 0.4) is 0 Å². The summed E-state index contributed by atoms with van der Waals surface area (Å²) in [5, 5.41) is 2.36. The van der Waals surface area contributed by atoms with Gasteiger partial charge >= 0.3 is 0 Å². The van der Waals surface area contributed by atoms with E-state index in [1.807, 2.05) is 6.92 Å². The van der Waals surface area contributed by atoms with Gasteiger partial charge in [-0.1, -0.05) is 0 Å². The fourth-order valence-electron chi connectivity index (χ4n) is 1.38. The van der Waals surface area contributed by atoms with Gasteiger partial charge in [0.1, 0.15) is 0 Å². The Balaban J connectivity index is 3.22. The van der Waals surface area contributed by atoms with Gasteiger partial charge in [0.15, 0.2) is 0 Å². The maximum absolute atomic E-state index is 11.3. The Morgan fingerprint density at radius 3 is 1.87 bits per heavy atom. The Kier molecular flexibility index (Phi) is 14.3. The van der Waals surface area contributed by atoms with Gasteiger partial charge in [-0.15, -0.1) is 0 Å². The summed E-state index contributed by atoms with van der Waals surface area (Å²) in [6.07, 6.45) is 0.117. The molecule has 0 aromatic heterocycles. The first-order valence-corrected chi connectivity index (χ1v) is 9.09. The number of nitrogens with one attached hydrogen (secondary N) is 1. The highest BCUT2D eigenvalue weighted by atomic mass is 32.2. The van der Waals surface area contributed by atoms with Crippen molar-refractivity contribution in [2.24, 2.45) is 0 Å². The maximum atomic E-state index is 11.3. The lowest BCUT2D eigenvalue weighted by Gasteiger charge is -2.07.